The van der Waals surface area contributed by atoms with Crippen LogP contribution in [0.1, 0.15) is 49.8 Å². The van der Waals surface area contributed by atoms with E-state index in [0.29, 0.717) is 53.2 Å². The number of pyridine rings is 1. The molecule has 1 fully saturated rings. The van der Waals surface area contributed by atoms with Gasteiger partial charge < -0.3 is 10.4 Å². The van der Waals surface area contributed by atoms with Crippen LogP contribution in [0.15, 0.2) is 53.0 Å². The van der Waals surface area contributed by atoms with Gasteiger partial charge in [0.2, 0.25) is 0 Å². The monoisotopic (exact) mass is 630 g/mol. The minimum absolute atomic E-state index is 0.0486. The third-order valence-corrected chi connectivity index (χ3v) is 7.39. The molecule has 2 amide bonds. The van der Waals surface area contributed by atoms with Gasteiger partial charge in [-0.2, -0.15) is 18.3 Å². The Labute approximate surface area is 241 Å². The van der Waals surface area contributed by atoms with Crippen molar-refractivity contribution < 1.29 is 27.9 Å². The summed E-state index contributed by atoms with van der Waals surface area (Å²) in [4.78, 5) is 29.5. The van der Waals surface area contributed by atoms with Crippen LogP contribution in [0.4, 0.5) is 18.9 Å². The highest BCUT2D eigenvalue weighted by Gasteiger charge is 2.34. The van der Waals surface area contributed by atoms with Crippen LogP contribution in [0.3, 0.4) is 0 Å². The number of aliphatic hydroxyl groups excluding tert-OH is 1. The van der Waals surface area contributed by atoms with Gasteiger partial charge in [-0.15, -0.1) is 0 Å². The van der Waals surface area contributed by atoms with Gasteiger partial charge >= 0.3 is 6.18 Å². The molecule has 0 radical (unpaired) electrons. The first-order chi connectivity index (χ1) is 19.4. The molecule has 5 rings (SSSR count). The van der Waals surface area contributed by atoms with E-state index < -0.39 is 23.9 Å². The number of carbonyl (C=O) groups excluding carboxylic acids is 2. The standard InChI is InChI=1S/C28H26BrF3N6O3/c1-15-25(34-27(41)22-12-24(28(30,31)32)33-23-8-7-19(29)11-21(22)23)16(2)38(35-15)13-17-3-5-18(6-4-17)26(40)36-37-10-9-20(39)14-37/h3-8,11-12,20,39H,9-10,13-14H2,1-2H3,(H,34,41)(H,36,40). The topological polar surface area (TPSA) is 112 Å². The summed E-state index contributed by atoms with van der Waals surface area (Å²) in [7, 11) is 0. The quantitative estimate of drug-likeness (QED) is 0.281. The van der Waals surface area contributed by atoms with Crippen LogP contribution in [-0.4, -0.2) is 55.9 Å². The van der Waals surface area contributed by atoms with Crippen LogP contribution in [-0.2, 0) is 12.7 Å². The number of aliphatic hydroxyl groups is 1. The first-order valence-corrected chi connectivity index (χ1v) is 13.5. The molecular weight excluding hydrogens is 605 g/mol. The number of β-amino-alcohol motifs (C(OH)–C–C–N with tert-alkyl or cyclic N) is 1. The van der Waals surface area contributed by atoms with Crippen LogP contribution in [0.25, 0.3) is 10.9 Å². The van der Waals surface area contributed by atoms with Gasteiger partial charge in [0, 0.05) is 28.5 Å². The average molecular weight is 631 g/mol. The number of hydrazine groups is 1. The molecule has 214 valence electrons. The van der Waals surface area contributed by atoms with E-state index in [2.05, 4.69) is 36.8 Å². The molecule has 1 aliphatic rings. The van der Waals surface area contributed by atoms with Crippen molar-refractivity contribution in [3.8, 4) is 0 Å². The summed E-state index contributed by atoms with van der Waals surface area (Å²) in [5, 5.41) is 18.8. The van der Waals surface area contributed by atoms with Crippen molar-refractivity contribution in [2.24, 2.45) is 0 Å². The molecular formula is C28H26BrF3N6O3. The second-order valence-corrected chi connectivity index (χ2v) is 10.8. The van der Waals surface area contributed by atoms with Crippen molar-refractivity contribution in [3.63, 3.8) is 0 Å². The highest BCUT2D eigenvalue weighted by Crippen LogP contribution is 2.32. The van der Waals surface area contributed by atoms with Crippen LogP contribution in [0, 0.1) is 13.8 Å². The third-order valence-electron chi connectivity index (χ3n) is 6.90. The van der Waals surface area contributed by atoms with E-state index in [1.54, 1.807) is 59.9 Å². The van der Waals surface area contributed by atoms with Crippen molar-refractivity contribution in [1.82, 2.24) is 25.2 Å². The second kappa shape index (κ2) is 11.2. The molecule has 4 aromatic rings. The van der Waals surface area contributed by atoms with E-state index in [4.69, 9.17) is 0 Å². The summed E-state index contributed by atoms with van der Waals surface area (Å²) < 4.78 is 42.9. The van der Waals surface area contributed by atoms with E-state index in [0.717, 1.165) is 11.6 Å². The minimum atomic E-state index is -4.72. The first kappa shape index (κ1) is 28.7. The van der Waals surface area contributed by atoms with Crippen molar-refractivity contribution in [3.05, 3.63) is 86.8 Å². The lowest BCUT2D eigenvalue weighted by Gasteiger charge is -2.16. The molecule has 0 bridgehead atoms. The van der Waals surface area contributed by atoms with E-state index in [1.807, 2.05) is 0 Å². The summed E-state index contributed by atoms with van der Waals surface area (Å²) >= 11 is 3.30. The van der Waals surface area contributed by atoms with Gasteiger partial charge in [-0.25, -0.2) is 9.99 Å². The molecule has 9 nitrogen and oxygen atoms in total. The Balaban J connectivity index is 1.34. The number of benzene rings is 2. The van der Waals surface area contributed by atoms with Gasteiger partial charge in [-0.3, -0.25) is 19.7 Å². The summed E-state index contributed by atoms with van der Waals surface area (Å²) in [6, 6.07) is 12.3. The van der Waals surface area contributed by atoms with Crippen molar-refractivity contribution in [2.45, 2.75) is 39.1 Å². The zero-order valence-corrected chi connectivity index (χ0v) is 23.7. The Bertz CT molecular complexity index is 1640. The number of nitrogens with one attached hydrogen (secondary N) is 2. The van der Waals surface area contributed by atoms with Crippen molar-refractivity contribution in [2.75, 3.05) is 18.4 Å². The van der Waals surface area contributed by atoms with E-state index in [1.165, 1.54) is 6.07 Å². The van der Waals surface area contributed by atoms with Gasteiger partial charge in [0.1, 0.15) is 5.69 Å². The number of rotatable bonds is 6. The third kappa shape index (κ3) is 6.26. The molecule has 2 aromatic heterocycles. The summed E-state index contributed by atoms with van der Waals surface area (Å²) in [6.07, 6.45) is -4.56. The van der Waals surface area contributed by atoms with E-state index >= 15 is 0 Å². The van der Waals surface area contributed by atoms with E-state index in [9.17, 15) is 27.9 Å². The number of halogens is 4. The van der Waals surface area contributed by atoms with E-state index in [-0.39, 0.29) is 22.4 Å². The van der Waals surface area contributed by atoms with Gasteiger partial charge in [0.15, 0.2) is 0 Å². The number of aryl methyl sites for hydroxylation is 1. The maximum atomic E-state index is 13.5. The van der Waals surface area contributed by atoms with Gasteiger partial charge in [0.05, 0.1) is 40.8 Å². The summed E-state index contributed by atoms with van der Waals surface area (Å²) in [5.74, 6) is -0.987. The fraction of sp³-hybridized carbons (Fsp3) is 0.286. The summed E-state index contributed by atoms with van der Waals surface area (Å²) in [5.41, 5.74) is 4.33. The summed E-state index contributed by atoms with van der Waals surface area (Å²) in [6.45, 7) is 4.76. The Kier molecular flexibility index (Phi) is 7.86. The van der Waals surface area contributed by atoms with Crippen LogP contribution in [0.5, 0.6) is 0 Å². The molecule has 1 saturated heterocycles. The predicted molar refractivity (Wildman–Crippen MR) is 149 cm³/mol. The number of carbonyl (C=O) groups is 2. The zero-order valence-electron chi connectivity index (χ0n) is 22.1. The largest absolute Gasteiger partial charge is 0.433 e. The number of amides is 2. The smallest absolute Gasteiger partial charge is 0.392 e. The number of nitrogens with zero attached hydrogens (tertiary/aromatic N) is 4. The Morgan fingerprint density at radius 3 is 2.49 bits per heavy atom. The maximum Gasteiger partial charge on any atom is 0.433 e. The minimum Gasteiger partial charge on any atom is -0.392 e. The highest BCUT2D eigenvalue weighted by molar-refractivity contribution is 9.10. The average Bonchev–Trinajstić information content (AvgIpc) is 3.44. The number of aromatic nitrogens is 3. The lowest BCUT2D eigenvalue weighted by molar-refractivity contribution is -0.141. The lowest BCUT2D eigenvalue weighted by atomic mass is 10.1. The Morgan fingerprint density at radius 2 is 1.83 bits per heavy atom. The molecule has 3 N–H and O–H groups in total. The van der Waals surface area contributed by atoms with Gasteiger partial charge in [-0.1, -0.05) is 28.1 Å². The van der Waals surface area contributed by atoms with Crippen molar-refractivity contribution >= 4 is 44.3 Å². The number of anilines is 1. The second-order valence-electron chi connectivity index (χ2n) is 9.90. The molecule has 2 aromatic carbocycles. The Morgan fingerprint density at radius 1 is 1.10 bits per heavy atom. The fourth-order valence-electron chi connectivity index (χ4n) is 4.73. The normalized spacial score (nSPS) is 15.8. The van der Waals surface area contributed by atoms with Crippen LogP contribution in [0.2, 0.25) is 0 Å². The molecule has 0 saturated carbocycles. The number of fused-ring (bicyclic) bond motifs is 1. The fourth-order valence-corrected chi connectivity index (χ4v) is 5.09. The van der Waals surface area contributed by atoms with Gasteiger partial charge in [0.25, 0.3) is 11.8 Å². The maximum absolute atomic E-state index is 13.5. The molecule has 1 atom stereocenters. The highest BCUT2D eigenvalue weighted by atomic mass is 79.9. The van der Waals surface area contributed by atoms with Crippen LogP contribution < -0.4 is 10.7 Å². The zero-order chi connectivity index (χ0) is 29.5. The SMILES string of the molecule is Cc1nn(Cc2ccc(C(=O)NN3CCC(O)C3)cc2)c(C)c1NC(=O)c1cc(C(F)(F)F)nc2ccc(Br)cc12. The molecule has 0 spiro atoms. The predicted octanol–water partition coefficient (Wildman–Crippen LogP) is 4.84. The Hall–Kier alpha value is -3.81. The first-order valence-electron chi connectivity index (χ1n) is 12.7. The molecule has 1 unspecified atom stereocenters. The van der Waals surface area contributed by atoms with Crippen molar-refractivity contribution in [1.29, 1.82) is 0 Å². The van der Waals surface area contributed by atoms with Gasteiger partial charge in [-0.05, 0) is 62.2 Å². The van der Waals surface area contributed by atoms with Crippen LogP contribution >= 0.6 is 15.9 Å². The molecule has 41 heavy (non-hydrogen) atoms. The molecule has 13 heteroatoms. The molecule has 0 aliphatic carbocycles. The number of hydrogen-bond donors (Lipinski definition) is 3. The lowest BCUT2D eigenvalue weighted by Crippen LogP contribution is -2.41. The number of hydrogen-bond acceptors (Lipinski definition) is 6. The molecule has 3 heterocycles. The molecule has 1 aliphatic heterocycles. The number of alkyl halides is 3.